The molecule has 112 valence electrons. The summed E-state index contributed by atoms with van der Waals surface area (Å²) in [6.07, 6.45) is 0. The number of anilines is 1. The van der Waals surface area contributed by atoms with E-state index < -0.39 is 11.9 Å². The van der Waals surface area contributed by atoms with Crippen molar-refractivity contribution in [2.24, 2.45) is 0 Å². The molecule has 22 heavy (non-hydrogen) atoms. The molecule has 1 heterocycles. The van der Waals surface area contributed by atoms with Crippen molar-refractivity contribution in [3.63, 3.8) is 0 Å². The third-order valence-corrected chi connectivity index (χ3v) is 4.02. The van der Waals surface area contributed by atoms with Crippen LogP contribution in [0.5, 0.6) is 0 Å². The molecule has 1 unspecified atom stereocenters. The first-order chi connectivity index (χ1) is 10.6. The van der Waals surface area contributed by atoms with Crippen LogP contribution in [-0.4, -0.2) is 10.5 Å². The fourth-order valence-electron chi connectivity index (χ4n) is 2.86. The SMILES string of the molecule is CC(C(=O)[O-])c1c(N)n(Cc2ccccc2)c2ccccc12. The number of para-hydroxylation sites is 1. The van der Waals surface area contributed by atoms with Gasteiger partial charge in [-0.15, -0.1) is 0 Å². The second-order valence-corrected chi connectivity index (χ2v) is 5.43. The quantitative estimate of drug-likeness (QED) is 0.801. The Labute approximate surface area is 128 Å². The highest BCUT2D eigenvalue weighted by Gasteiger charge is 2.20. The van der Waals surface area contributed by atoms with Crippen LogP contribution in [0.15, 0.2) is 54.6 Å². The smallest absolute Gasteiger partial charge is 0.108 e. The normalized spacial score (nSPS) is 12.4. The van der Waals surface area contributed by atoms with Gasteiger partial charge in [-0.05, 0) is 11.6 Å². The van der Waals surface area contributed by atoms with Crippen LogP contribution >= 0.6 is 0 Å². The summed E-state index contributed by atoms with van der Waals surface area (Å²) in [5, 5.41) is 12.2. The predicted octanol–water partition coefficient (Wildman–Crippen LogP) is 2.13. The summed E-state index contributed by atoms with van der Waals surface area (Å²) in [7, 11) is 0. The molecular weight excluding hydrogens is 276 g/mol. The highest BCUT2D eigenvalue weighted by molar-refractivity contribution is 5.94. The minimum Gasteiger partial charge on any atom is -0.550 e. The van der Waals surface area contributed by atoms with Crippen molar-refractivity contribution in [1.82, 2.24) is 4.57 Å². The number of aliphatic carboxylic acids is 1. The number of nitrogens with two attached hydrogens (primary N) is 1. The molecule has 2 aromatic carbocycles. The molecule has 0 radical (unpaired) electrons. The number of aromatic nitrogens is 1. The number of carboxylic acid groups (broad SMARTS) is 1. The molecule has 0 aliphatic rings. The predicted molar refractivity (Wildman–Crippen MR) is 85.3 cm³/mol. The van der Waals surface area contributed by atoms with E-state index in [9.17, 15) is 9.90 Å². The zero-order chi connectivity index (χ0) is 15.7. The third kappa shape index (κ3) is 2.33. The Kier molecular flexibility index (Phi) is 3.59. The maximum absolute atomic E-state index is 11.3. The molecule has 0 aliphatic heterocycles. The number of carbonyl (C=O) groups is 1. The van der Waals surface area contributed by atoms with Crippen molar-refractivity contribution in [2.75, 3.05) is 5.73 Å². The van der Waals surface area contributed by atoms with Crippen molar-refractivity contribution in [1.29, 1.82) is 0 Å². The molecule has 0 spiro atoms. The van der Waals surface area contributed by atoms with Crippen LogP contribution in [0.2, 0.25) is 0 Å². The average Bonchev–Trinajstić information content (AvgIpc) is 2.80. The lowest BCUT2D eigenvalue weighted by atomic mass is 10.00. The molecule has 3 aromatic rings. The molecule has 1 atom stereocenters. The van der Waals surface area contributed by atoms with E-state index in [2.05, 4.69) is 0 Å². The average molecular weight is 293 g/mol. The van der Waals surface area contributed by atoms with Crippen LogP contribution < -0.4 is 10.8 Å². The monoisotopic (exact) mass is 293 g/mol. The summed E-state index contributed by atoms with van der Waals surface area (Å²) < 4.78 is 1.96. The van der Waals surface area contributed by atoms with Gasteiger partial charge in [-0.3, -0.25) is 0 Å². The lowest BCUT2D eigenvalue weighted by molar-refractivity contribution is -0.307. The number of hydrogen-bond donors (Lipinski definition) is 1. The number of fused-ring (bicyclic) bond motifs is 1. The van der Waals surface area contributed by atoms with Crippen LogP contribution in [0, 0.1) is 0 Å². The zero-order valence-electron chi connectivity index (χ0n) is 12.3. The summed E-state index contributed by atoms with van der Waals surface area (Å²) in [6.45, 7) is 2.22. The van der Waals surface area contributed by atoms with Crippen LogP contribution in [0.1, 0.15) is 24.0 Å². The lowest BCUT2D eigenvalue weighted by Crippen LogP contribution is -2.28. The summed E-state index contributed by atoms with van der Waals surface area (Å²) in [6, 6.07) is 17.6. The second kappa shape index (κ2) is 5.56. The Balaban J connectivity index is 2.18. The van der Waals surface area contributed by atoms with Gasteiger partial charge in [0.05, 0.1) is 5.52 Å². The van der Waals surface area contributed by atoms with E-state index in [0.29, 0.717) is 17.9 Å². The molecule has 0 aliphatic carbocycles. The molecule has 0 amide bonds. The molecular formula is C18H17N2O2-. The number of nitrogen functional groups attached to an aromatic ring is 1. The van der Waals surface area contributed by atoms with Gasteiger partial charge in [0.1, 0.15) is 5.82 Å². The fraction of sp³-hybridized carbons (Fsp3) is 0.167. The van der Waals surface area contributed by atoms with Gasteiger partial charge in [0, 0.05) is 29.4 Å². The Hall–Kier alpha value is -2.75. The van der Waals surface area contributed by atoms with Crippen molar-refractivity contribution >= 4 is 22.7 Å². The van der Waals surface area contributed by atoms with Crippen LogP contribution in [0.3, 0.4) is 0 Å². The minimum atomic E-state index is -1.12. The highest BCUT2D eigenvalue weighted by Crippen LogP contribution is 2.34. The molecule has 1 aromatic heterocycles. The number of hydrogen-bond acceptors (Lipinski definition) is 3. The first-order valence-electron chi connectivity index (χ1n) is 7.21. The van der Waals surface area contributed by atoms with Gasteiger partial charge in [-0.1, -0.05) is 55.5 Å². The van der Waals surface area contributed by atoms with E-state index in [1.807, 2.05) is 59.2 Å². The van der Waals surface area contributed by atoms with Crippen molar-refractivity contribution in [3.05, 3.63) is 65.7 Å². The summed E-state index contributed by atoms with van der Waals surface area (Å²) >= 11 is 0. The summed E-state index contributed by atoms with van der Waals surface area (Å²) in [5.74, 6) is -1.38. The van der Waals surface area contributed by atoms with E-state index in [0.717, 1.165) is 16.5 Å². The van der Waals surface area contributed by atoms with Crippen molar-refractivity contribution in [2.45, 2.75) is 19.4 Å². The number of carbonyl (C=O) groups excluding carboxylic acids is 1. The number of rotatable bonds is 4. The Bertz CT molecular complexity index is 822. The zero-order valence-corrected chi connectivity index (χ0v) is 12.3. The molecule has 2 N–H and O–H groups in total. The van der Waals surface area contributed by atoms with Gasteiger partial charge in [0.15, 0.2) is 0 Å². The molecule has 3 rings (SSSR count). The van der Waals surface area contributed by atoms with Gasteiger partial charge in [0.2, 0.25) is 0 Å². The van der Waals surface area contributed by atoms with Crippen LogP contribution in [-0.2, 0) is 11.3 Å². The number of nitrogens with zero attached hydrogens (tertiary/aromatic N) is 1. The van der Waals surface area contributed by atoms with Crippen LogP contribution in [0.25, 0.3) is 10.9 Å². The maximum Gasteiger partial charge on any atom is 0.108 e. The molecule has 0 saturated heterocycles. The van der Waals surface area contributed by atoms with E-state index in [4.69, 9.17) is 5.73 Å². The molecule has 0 fully saturated rings. The number of carboxylic acids is 1. The fourth-order valence-corrected chi connectivity index (χ4v) is 2.86. The maximum atomic E-state index is 11.3. The lowest BCUT2D eigenvalue weighted by Gasteiger charge is -2.14. The first-order valence-corrected chi connectivity index (χ1v) is 7.21. The Morgan fingerprint density at radius 2 is 1.77 bits per heavy atom. The van der Waals surface area contributed by atoms with E-state index >= 15 is 0 Å². The Morgan fingerprint density at radius 1 is 1.14 bits per heavy atom. The van der Waals surface area contributed by atoms with Gasteiger partial charge < -0.3 is 20.2 Å². The molecule has 0 bridgehead atoms. The number of benzene rings is 2. The standard InChI is InChI=1S/C18H18N2O2/c1-12(18(21)22)16-14-9-5-6-10-15(14)20(17(16)19)11-13-7-3-2-4-8-13/h2-10,12H,11,19H2,1H3,(H,21,22)/p-1. The molecule has 4 heteroatoms. The van der Waals surface area contributed by atoms with Crippen molar-refractivity contribution < 1.29 is 9.90 Å². The van der Waals surface area contributed by atoms with Crippen LogP contribution in [0.4, 0.5) is 5.82 Å². The third-order valence-electron chi connectivity index (χ3n) is 4.02. The minimum absolute atomic E-state index is 0.488. The Morgan fingerprint density at radius 3 is 2.45 bits per heavy atom. The molecule has 0 saturated carbocycles. The first kappa shape index (κ1) is 14.2. The van der Waals surface area contributed by atoms with Gasteiger partial charge in [-0.25, -0.2) is 0 Å². The summed E-state index contributed by atoms with van der Waals surface area (Å²) in [4.78, 5) is 11.3. The van der Waals surface area contributed by atoms with E-state index in [-0.39, 0.29) is 0 Å². The second-order valence-electron chi connectivity index (χ2n) is 5.43. The van der Waals surface area contributed by atoms with Gasteiger partial charge >= 0.3 is 0 Å². The van der Waals surface area contributed by atoms with Gasteiger partial charge in [0.25, 0.3) is 0 Å². The van der Waals surface area contributed by atoms with Crippen molar-refractivity contribution in [3.8, 4) is 0 Å². The largest absolute Gasteiger partial charge is 0.550 e. The highest BCUT2D eigenvalue weighted by atomic mass is 16.4. The van der Waals surface area contributed by atoms with E-state index in [1.165, 1.54) is 0 Å². The molecule has 4 nitrogen and oxygen atoms in total. The van der Waals surface area contributed by atoms with Gasteiger partial charge in [-0.2, -0.15) is 0 Å². The van der Waals surface area contributed by atoms with E-state index in [1.54, 1.807) is 6.92 Å². The summed E-state index contributed by atoms with van der Waals surface area (Å²) in [5.41, 5.74) is 8.96. The topological polar surface area (TPSA) is 71.1 Å².